The molecule has 0 bridgehead atoms. The van der Waals surface area contributed by atoms with Crippen molar-refractivity contribution in [1.29, 1.82) is 0 Å². The predicted octanol–water partition coefficient (Wildman–Crippen LogP) is 2.64. The van der Waals surface area contributed by atoms with Crippen LogP contribution in [0.25, 0.3) is 0 Å². The summed E-state index contributed by atoms with van der Waals surface area (Å²) in [6.07, 6.45) is 1.71. The zero-order valence-electron chi connectivity index (χ0n) is 5.97. The minimum atomic E-state index is 0.400. The van der Waals surface area contributed by atoms with E-state index in [1.165, 1.54) is 0 Å². The fourth-order valence-electron chi connectivity index (χ4n) is 0.685. The molecule has 0 aliphatic carbocycles. The molecule has 0 aliphatic heterocycles. The van der Waals surface area contributed by atoms with Crippen molar-refractivity contribution >= 4 is 27.5 Å². The second-order valence-electron chi connectivity index (χ2n) is 1.97. The van der Waals surface area contributed by atoms with Crippen LogP contribution in [0.15, 0.2) is 12.3 Å². The lowest BCUT2D eigenvalue weighted by atomic mass is 10.3. The van der Waals surface area contributed by atoms with E-state index < -0.39 is 0 Å². The molecule has 0 amide bonds. The Balaban J connectivity index is 3.02. The van der Waals surface area contributed by atoms with Gasteiger partial charge in [-0.1, -0.05) is 27.5 Å². The van der Waals surface area contributed by atoms with E-state index in [4.69, 9.17) is 16.3 Å². The Morgan fingerprint density at radius 2 is 2.45 bits per heavy atom. The quantitative estimate of drug-likeness (QED) is 0.582. The smallest absolute Gasteiger partial charge is 0.171 e. The number of hydrogen-bond acceptors (Lipinski definition) is 2. The van der Waals surface area contributed by atoms with Gasteiger partial charge in [0.05, 0.1) is 7.11 Å². The van der Waals surface area contributed by atoms with E-state index in [1.807, 2.05) is 6.07 Å². The van der Waals surface area contributed by atoms with Crippen molar-refractivity contribution in [3.8, 4) is 5.75 Å². The van der Waals surface area contributed by atoms with E-state index in [0.717, 1.165) is 10.9 Å². The maximum atomic E-state index is 5.70. The van der Waals surface area contributed by atoms with Crippen LogP contribution < -0.4 is 4.74 Å². The Hall–Kier alpha value is -0.280. The zero-order valence-corrected chi connectivity index (χ0v) is 8.32. The molecule has 4 heteroatoms. The first-order valence-corrected chi connectivity index (χ1v) is 4.52. The van der Waals surface area contributed by atoms with Gasteiger partial charge in [-0.05, 0) is 11.6 Å². The van der Waals surface area contributed by atoms with Gasteiger partial charge in [0.25, 0.3) is 0 Å². The minimum absolute atomic E-state index is 0.400. The number of aromatic nitrogens is 1. The van der Waals surface area contributed by atoms with Crippen LogP contribution in [0.2, 0.25) is 5.15 Å². The van der Waals surface area contributed by atoms with Crippen molar-refractivity contribution in [3.05, 3.63) is 23.0 Å². The highest BCUT2D eigenvalue weighted by molar-refractivity contribution is 9.08. The molecule has 0 spiro atoms. The fraction of sp³-hybridized carbons (Fsp3) is 0.286. The summed E-state index contributed by atoms with van der Waals surface area (Å²) in [5, 5.41) is 1.16. The molecule has 0 radical (unpaired) electrons. The summed E-state index contributed by atoms with van der Waals surface area (Å²) in [7, 11) is 1.57. The first kappa shape index (κ1) is 8.81. The summed E-state index contributed by atoms with van der Waals surface area (Å²) in [4.78, 5) is 3.93. The zero-order chi connectivity index (χ0) is 8.27. The summed E-state index contributed by atoms with van der Waals surface area (Å²) in [5.74, 6) is 0.614. The monoisotopic (exact) mass is 235 g/mol. The Morgan fingerprint density at radius 1 is 1.73 bits per heavy atom. The van der Waals surface area contributed by atoms with Gasteiger partial charge in [0.2, 0.25) is 0 Å². The molecule has 0 unspecified atom stereocenters. The Labute approximate surface area is 78.7 Å². The topological polar surface area (TPSA) is 22.1 Å². The fourth-order valence-corrected chi connectivity index (χ4v) is 1.17. The minimum Gasteiger partial charge on any atom is -0.494 e. The first-order chi connectivity index (χ1) is 5.27. The Morgan fingerprint density at radius 3 is 3.00 bits per heavy atom. The van der Waals surface area contributed by atoms with Gasteiger partial charge in [0.15, 0.2) is 10.9 Å². The molecule has 0 saturated carbocycles. The van der Waals surface area contributed by atoms with Crippen molar-refractivity contribution in [2.75, 3.05) is 7.11 Å². The van der Waals surface area contributed by atoms with E-state index >= 15 is 0 Å². The molecule has 2 nitrogen and oxygen atoms in total. The second kappa shape index (κ2) is 3.93. The van der Waals surface area contributed by atoms with Crippen molar-refractivity contribution in [1.82, 2.24) is 4.98 Å². The van der Waals surface area contributed by atoms with Gasteiger partial charge in [-0.2, -0.15) is 0 Å². The van der Waals surface area contributed by atoms with Crippen LogP contribution in [0.5, 0.6) is 5.75 Å². The van der Waals surface area contributed by atoms with Crippen molar-refractivity contribution in [2.45, 2.75) is 5.33 Å². The largest absolute Gasteiger partial charge is 0.494 e. The lowest BCUT2D eigenvalue weighted by Crippen LogP contribution is -1.88. The van der Waals surface area contributed by atoms with Gasteiger partial charge < -0.3 is 4.74 Å². The number of rotatable bonds is 2. The highest BCUT2D eigenvalue weighted by atomic mass is 79.9. The van der Waals surface area contributed by atoms with Crippen LogP contribution in [0.4, 0.5) is 0 Å². The number of alkyl halides is 1. The maximum Gasteiger partial charge on any atom is 0.171 e. The Kier molecular flexibility index (Phi) is 3.15. The summed E-state index contributed by atoms with van der Waals surface area (Å²) < 4.78 is 4.97. The molecule has 0 fully saturated rings. The number of halogens is 2. The molecule has 1 heterocycles. The second-order valence-corrected chi connectivity index (χ2v) is 2.89. The number of hydrogen-bond donors (Lipinski definition) is 0. The molecular weight excluding hydrogens is 229 g/mol. The molecule has 1 rings (SSSR count). The highest BCUT2D eigenvalue weighted by Gasteiger charge is 2.01. The third kappa shape index (κ3) is 2.07. The molecular formula is C7H7BrClNO. The van der Waals surface area contributed by atoms with Gasteiger partial charge in [0.1, 0.15) is 0 Å². The van der Waals surface area contributed by atoms with E-state index in [1.54, 1.807) is 13.3 Å². The molecule has 0 saturated heterocycles. The summed E-state index contributed by atoms with van der Waals surface area (Å²) in [6.45, 7) is 0. The Bertz CT molecular complexity index is 254. The van der Waals surface area contributed by atoms with Crippen LogP contribution in [0.3, 0.4) is 0 Å². The van der Waals surface area contributed by atoms with Crippen LogP contribution in [-0.2, 0) is 5.33 Å². The SMILES string of the molecule is COc1cc(CBr)cnc1Cl. The van der Waals surface area contributed by atoms with E-state index in [9.17, 15) is 0 Å². The van der Waals surface area contributed by atoms with E-state index in [-0.39, 0.29) is 0 Å². The molecule has 11 heavy (non-hydrogen) atoms. The maximum absolute atomic E-state index is 5.70. The average molecular weight is 236 g/mol. The number of methoxy groups -OCH3 is 1. The summed E-state index contributed by atoms with van der Waals surface area (Å²) in [5.41, 5.74) is 1.05. The molecule has 0 aliphatic rings. The predicted molar refractivity (Wildman–Crippen MR) is 48.4 cm³/mol. The van der Waals surface area contributed by atoms with Crippen LogP contribution in [-0.4, -0.2) is 12.1 Å². The van der Waals surface area contributed by atoms with Crippen LogP contribution in [0, 0.1) is 0 Å². The molecule has 0 N–H and O–H groups in total. The molecule has 1 aromatic heterocycles. The number of pyridine rings is 1. The van der Waals surface area contributed by atoms with Gasteiger partial charge in [-0.3, -0.25) is 0 Å². The van der Waals surface area contributed by atoms with Gasteiger partial charge in [-0.15, -0.1) is 0 Å². The van der Waals surface area contributed by atoms with Gasteiger partial charge in [-0.25, -0.2) is 4.98 Å². The van der Waals surface area contributed by atoms with Crippen molar-refractivity contribution in [3.63, 3.8) is 0 Å². The molecule has 0 atom stereocenters. The van der Waals surface area contributed by atoms with Crippen LogP contribution >= 0.6 is 27.5 Å². The normalized spacial score (nSPS) is 9.73. The highest BCUT2D eigenvalue weighted by Crippen LogP contribution is 2.22. The lowest BCUT2D eigenvalue weighted by molar-refractivity contribution is 0.413. The third-order valence-corrected chi connectivity index (χ3v) is 2.17. The van der Waals surface area contributed by atoms with E-state index in [0.29, 0.717) is 10.9 Å². The van der Waals surface area contributed by atoms with Crippen molar-refractivity contribution < 1.29 is 4.74 Å². The standard InChI is InChI=1S/C7H7BrClNO/c1-11-6-2-5(3-8)4-10-7(6)9/h2,4H,3H2,1H3. The molecule has 1 aromatic rings. The first-order valence-electron chi connectivity index (χ1n) is 3.02. The molecule has 0 aromatic carbocycles. The van der Waals surface area contributed by atoms with Crippen molar-refractivity contribution in [2.24, 2.45) is 0 Å². The third-order valence-electron chi connectivity index (χ3n) is 1.24. The van der Waals surface area contributed by atoms with Gasteiger partial charge >= 0.3 is 0 Å². The summed E-state index contributed by atoms with van der Waals surface area (Å²) >= 11 is 9.01. The number of nitrogens with zero attached hydrogens (tertiary/aromatic N) is 1. The molecule has 60 valence electrons. The lowest BCUT2D eigenvalue weighted by Gasteiger charge is -2.02. The average Bonchev–Trinajstić information content (AvgIpc) is 2.05. The van der Waals surface area contributed by atoms with Crippen LogP contribution in [0.1, 0.15) is 5.56 Å². The van der Waals surface area contributed by atoms with Gasteiger partial charge in [0, 0.05) is 11.5 Å². The van der Waals surface area contributed by atoms with E-state index in [2.05, 4.69) is 20.9 Å². The number of ether oxygens (including phenoxy) is 1. The summed E-state index contributed by atoms with van der Waals surface area (Å²) in [6, 6.07) is 1.85.